The second-order valence-electron chi connectivity index (χ2n) is 1.89. The van der Waals surface area contributed by atoms with Crippen LogP contribution < -0.4 is 11.1 Å². The van der Waals surface area contributed by atoms with Gasteiger partial charge in [-0.2, -0.15) is 0 Å². The van der Waals surface area contributed by atoms with Crippen LogP contribution in [0, 0.1) is 0 Å². The van der Waals surface area contributed by atoms with Gasteiger partial charge in [0.05, 0.1) is 0 Å². The Balaban J connectivity index is 3.34. The predicted molar refractivity (Wildman–Crippen MR) is 33.2 cm³/mol. The van der Waals surface area contributed by atoms with Crippen molar-refractivity contribution >= 4 is 6.03 Å². The van der Waals surface area contributed by atoms with E-state index >= 15 is 0 Å². The summed E-state index contributed by atoms with van der Waals surface area (Å²) in [5, 5.41) is 2.49. The number of carbonyl (C=O) groups is 1. The molecule has 10 heavy (non-hydrogen) atoms. The monoisotopic (exact) mass is 333 g/mol. The van der Waals surface area contributed by atoms with Crippen molar-refractivity contribution < 1.29 is 35.7 Å². The standard InChI is InChI=1S/C5H11N2O2.Hg/c1-4(9-2)3-7-5(6)8;/h4H,1,3H2,2H3,(H3,6,7,8);/q;+1/t4-;/m1./s1. The topological polar surface area (TPSA) is 64.3 Å². The Kier molecular flexibility index (Phi) is 6.01. The van der Waals surface area contributed by atoms with Crippen LogP contribution in [0.15, 0.2) is 0 Å². The SMILES string of the molecule is CO[C@H]([CH2][Hg+])CNC(N)=O. The van der Waals surface area contributed by atoms with Gasteiger partial charge in [0.1, 0.15) is 0 Å². The van der Waals surface area contributed by atoms with Gasteiger partial charge in [0.25, 0.3) is 0 Å². The first kappa shape index (κ1) is 10.2. The number of ether oxygens (including phenoxy) is 1. The summed E-state index contributed by atoms with van der Waals surface area (Å²) in [4.78, 5) is 10.2. The van der Waals surface area contributed by atoms with Crippen LogP contribution >= 0.6 is 0 Å². The van der Waals surface area contributed by atoms with Crippen LogP contribution in [-0.2, 0) is 30.9 Å². The fourth-order valence-electron chi connectivity index (χ4n) is 0.518. The predicted octanol–water partition coefficient (Wildman–Crippen LogP) is -0.365. The number of urea groups is 1. The molecule has 54 valence electrons. The normalized spacial score (nSPS) is 12.7. The van der Waals surface area contributed by atoms with Gasteiger partial charge < -0.3 is 0 Å². The van der Waals surface area contributed by atoms with E-state index in [-0.39, 0.29) is 6.10 Å². The number of rotatable bonds is 4. The van der Waals surface area contributed by atoms with Gasteiger partial charge >= 0.3 is 76.4 Å². The molecular formula is C5H11HgN2O2+. The number of methoxy groups -OCH3 is 1. The van der Waals surface area contributed by atoms with Crippen LogP contribution in [0.5, 0.6) is 0 Å². The molecule has 0 bridgehead atoms. The summed E-state index contributed by atoms with van der Waals surface area (Å²) in [6, 6.07) is -0.483. The van der Waals surface area contributed by atoms with Gasteiger partial charge in [-0.05, 0) is 0 Å². The van der Waals surface area contributed by atoms with Crippen molar-refractivity contribution in [2.24, 2.45) is 5.73 Å². The van der Waals surface area contributed by atoms with E-state index in [4.69, 9.17) is 10.5 Å². The van der Waals surface area contributed by atoms with Gasteiger partial charge in [0.2, 0.25) is 0 Å². The van der Waals surface area contributed by atoms with Crippen molar-refractivity contribution in [3.63, 3.8) is 0 Å². The molecule has 0 aliphatic carbocycles. The zero-order valence-electron chi connectivity index (χ0n) is 6.09. The molecule has 0 unspecified atom stereocenters. The quantitative estimate of drug-likeness (QED) is 0.691. The second-order valence-corrected chi connectivity index (χ2v) is 4.14. The average molecular weight is 332 g/mol. The van der Waals surface area contributed by atoms with Crippen LogP contribution in [-0.4, -0.2) is 25.8 Å². The van der Waals surface area contributed by atoms with Gasteiger partial charge in [0, 0.05) is 0 Å². The molecular weight excluding hydrogens is 321 g/mol. The van der Waals surface area contributed by atoms with E-state index in [2.05, 4.69) is 5.32 Å². The molecule has 0 rings (SSSR count). The molecule has 4 nitrogen and oxygen atoms in total. The maximum atomic E-state index is 10.2. The summed E-state index contributed by atoms with van der Waals surface area (Å²) in [7, 11) is 1.64. The fourth-order valence-corrected chi connectivity index (χ4v) is 2.23. The Labute approximate surface area is 76.5 Å². The molecule has 1 atom stereocenters. The van der Waals surface area contributed by atoms with Crippen molar-refractivity contribution in [2.75, 3.05) is 13.7 Å². The molecule has 3 N–H and O–H groups in total. The fraction of sp³-hybridized carbons (Fsp3) is 0.800. The molecule has 2 amide bonds. The van der Waals surface area contributed by atoms with Crippen LogP contribution in [0.25, 0.3) is 0 Å². The van der Waals surface area contributed by atoms with E-state index < -0.39 is 6.03 Å². The number of amides is 2. The first-order valence-corrected chi connectivity index (χ1v) is 6.94. The van der Waals surface area contributed by atoms with Crippen molar-refractivity contribution in [1.29, 1.82) is 0 Å². The molecule has 0 aliphatic heterocycles. The summed E-state index contributed by atoms with van der Waals surface area (Å²) in [6.45, 7) is 0.537. The van der Waals surface area contributed by atoms with E-state index in [1.165, 1.54) is 0 Å². The van der Waals surface area contributed by atoms with Crippen molar-refractivity contribution in [3.8, 4) is 0 Å². The summed E-state index contributed by atoms with van der Waals surface area (Å²) in [5.41, 5.74) is 4.86. The van der Waals surface area contributed by atoms with Crippen molar-refractivity contribution in [1.82, 2.24) is 5.32 Å². The van der Waals surface area contributed by atoms with E-state index in [1.807, 2.05) is 0 Å². The summed E-state index contributed by atoms with van der Waals surface area (Å²) in [6.07, 6.45) is 0.163. The van der Waals surface area contributed by atoms with Crippen molar-refractivity contribution in [2.45, 2.75) is 10.0 Å². The molecule has 0 aliphatic rings. The number of hydrogen-bond acceptors (Lipinski definition) is 2. The van der Waals surface area contributed by atoms with Gasteiger partial charge in [-0.1, -0.05) is 0 Å². The minimum absolute atomic E-state index is 0.163. The zero-order chi connectivity index (χ0) is 7.98. The van der Waals surface area contributed by atoms with Crippen LogP contribution in [0.3, 0.4) is 0 Å². The van der Waals surface area contributed by atoms with Gasteiger partial charge in [0.15, 0.2) is 0 Å². The first-order valence-electron chi connectivity index (χ1n) is 3.06. The average Bonchev–Trinajstić information content (AvgIpc) is 1.90. The third kappa shape index (κ3) is 4.99. The number of nitrogens with two attached hydrogens (primary N) is 1. The molecule has 0 fully saturated rings. The summed E-state index contributed by atoms with van der Waals surface area (Å²) in [5.74, 6) is 0. The number of primary amides is 1. The van der Waals surface area contributed by atoms with E-state index in [0.29, 0.717) is 32.7 Å². The van der Waals surface area contributed by atoms with Crippen LogP contribution in [0.2, 0.25) is 3.93 Å². The summed E-state index contributed by atoms with van der Waals surface area (Å²) >= 11 is 0.712. The molecule has 0 aromatic heterocycles. The Morgan fingerprint density at radius 3 is 2.80 bits per heavy atom. The molecule has 0 aromatic carbocycles. The third-order valence-corrected chi connectivity index (χ3v) is 3.66. The van der Waals surface area contributed by atoms with Crippen molar-refractivity contribution in [3.05, 3.63) is 0 Å². The third-order valence-electron chi connectivity index (χ3n) is 1.16. The minimum atomic E-state index is -0.483. The molecule has 0 saturated heterocycles. The molecule has 0 aromatic rings. The molecule has 0 saturated carbocycles. The molecule has 0 heterocycles. The van der Waals surface area contributed by atoms with Crippen LogP contribution in [0.4, 0.5) is 4.79 Å². The second kappa shape index (κ2) is 5.91. The molecule has 0 radical (unpaired) electrons. The van der Waals surface area contributed by atoms with E-state index in [1.54, 1.807) is 7.11 Å². The molecule has 0 spiro atoms. The zero-order valence-corrected chi connectivity index (χ0v) is 11.6. The Hall–Kier alpha value is 0.165. The van der Waals surface area contributed by atoms with Gasteiger partial charge in [-0.15, -0.1) is 0 Å². The Morgan fingerprint density at radius 2 is 2.50 bits per heavy atom. The maximum absolute atomic E-state index is 10.2. The number of carbonyl (C=O) groups excluding carboxylic acids is 1. The Bertz CT molecular complexity index is 106. The van der Waals surface area contributed by atoms with Crippen LogP contribution in [0.1, 0.15) is 0 Å². The number of hydrogen-bond donors (Lipinski definition) is 2. The van der Waals surface area contributed by atoms with E-state index in [0.717, 1.165) is 3.93 Å². The van der Waals surface area contributed by atoms with E-state index in [9.17, 15) is 4.79 Å². The molecule has 5 heteroatoms. The Morgan fingerprint density at radius 1 is 1.90 bits per heavy atom. The van der Waals surface area contributed by atoms with Gasteiger partial charge in [-0.3, -0.25) is 0 Å². The van der Waals surface area contributed by atoms with Gasteiger partial charge in [-0.25, -0.2) is 0 Å². The number of nitrogens with one attached hydrogen (secondary N) is 1. The first-order chi connectivity index (χ1) is 4.70. The summed E-state index contributed by atoms with van der Waals surface area (Å²) < 4.78 is 6.09.